The summed E-state index contributed by atoms with van der Waals surface area (Å²) in [5, 5.41) is 7.92. The van der Waals surface area contributed by atoms with Crippen molar-refractivity contribution in [2.45, 2.75) is 31.8 Å². The fraction of sp³-hybridized carbons (Fsp3) is 0.750. The predicted octanol–water partition coefficient (Wildman–Crippen LogP) is 1.34. The molecule has 1 saturated heterocycles. The highest BCUT2D eigenvalue weighted by molar-refractivity contribution is 5.08. The zero-order valence-corrected chi connectivity index (χ0v) is 9.56. The average molecular weight is 221 g/mol. The van der Waals surface area contributed by atoms with Gasteiger partial charge in [0.1, 0.15) is 0 Å². The summed E-state index contributed by atoms with van der Waals surface area (Å²) in [6, 6.07) is 2.45. The number of hydrogen-bond acceptors (Lipinski definition) is 3. The molecule has 1 aromatic heterocycles. The zero-order valence-electron chi connectivity index (χ0n) is 9.56. The van der Waals surface area contributed by atoms with E-state index in [4.69, 9.17) is 4.74 Å². The van der Waals surface area contributed by atoms with Crippen molar-refractivity contribution in [1.29, 1.82) is 0 Å². The van der Waals surface area contributed by atoms with Crippen molar-refractivity contribution in [1.82, 2.24) is 15.1 Å². The van der Waals surface area contributed by atoms with Gasteiger partial charge in [-0.05, 0) is 24.8 Å². The molecule has 0 amide bonds. The Balaban J connectivity index is 1.70. The van der Waals surface area contributed by atoms with E-state index in [-0.39, 0.29) is 0 Å². The van der Waals surface area contributed by atoms with Gasteiger partial charge in [0, 0.05) is 19.3 Å². The molecule has 2 aliphatic rings. The maximum atomic E-state index is 5.50. The van der Waals surface area contributed by atoms with Crippen LogP contribution in [-0.2, 0) is 11.3 Å². The Bertz CT molecular complexity index is 340. The molecule has 2 fully saturated rings. The van der Waals surface area contributed by atoms with Gasteiger partial charge in [-0.3, -0.25) is 4.68 Å². The highest BCUT2D eigenvalue weighted by Gasteiger charge is 2.23. The maximum Gasteiger partial charge on any atom is 0.0730 e. The van der Waals surface area contributed by atoms with Gasteiger partial charge in [0.25, 0.3) is 0 Å². The smallest absolute Gasteiger partial charge is 0.0730 e. The van der Waals surface area contributed by atoms with E-state index in [0.717, 1.165) is 32.2 Å². The van der Waals surface area contributed by atoms with Crippen LogP contribution in [0.25, 0.3) is 0 Å². The molecule has 1 aliphatic carbocycles. The van der Waals surface area contributed by atoms with Crippen LogP contribution in [0.2, 0.25) is 0 Å². The first kappa shape index (κ1) is 10.3. The molecule has 1 aliphatic heterocycles. The number of ether oxygens (including phenoxy) is 1. The van der Waals surface area contributed by atoms with E-state index in [2.05, 4.69) is 21.2 Å². The van der Waals surface area contributed by atoms with Gasteiger partial charge >= 0.3 is 0 Å². The van der Waals surface area contributed by atoms with E-state index < -0.39 is 0 Å². The van der Waals surface area contributed by atoms with E-state index >= 15 is 0 Å². The van der Waals surface area contributed by atoms with Crippen LogP contribution in [0.15, 0.2) is 12.3 Å². The van der Waals surface area contributed by atoms with Crippen LogP contribution in [0, 0.1) is 5.92 Å². The third-order valence-corrected chi connectivity index (χ3v) is 3.68. The SMILES string of the molecule is c1cc(C2COCCN2)n(CC2CCC2)n1. The topological polar surface area (TPSA) is 39.1 Å². The molecule has 1 unspecified atom stereocenters. The van der Waals surface area contributed by atoms with Gasteiger partial charge in [0.05, 0.1) is 24.9 Å². The van der Waals surface area contributed by atoms with Crippen molar-refractivity contribution in [3.63, 3.8) is 0 Å². The Hall–Kier alpha value is -0.870. The number of rotatable bonds is 3. The van der Waals surface area contributed by atoms with Crippen molar-refractivity contribution in [3.8, 4) is 0 Å². The number of hydrogen-bond donors (Lipinski definition) is 1. The molecule has 1 atom stereocenters. The van der Waals surface area contributed by atoms with Gasteiger partial charge in [-0.1, -0.05) is 6.42 Å². The van der Waals surface area contributed by atoms with Gasteiger partial charge in [0.15, 0.2) is 0 Å². The third-order valence-electron chi connectivity index (χ3n) is 3.68. The van der Waals surface area contributed by atoms with Crippen molar-refractivity contribution in [2.24, 2.45) is 5.92 Å². The molecule has 4 nitrogen and oxygen atoms in total. The second-order valence-corrected chi connectivity index (χ2v) is 4.82. The summed E-state index contributed by atoms with van der Waals surface area (Å²) in [4.78, 5) is 0. The second-order valence-electron chi connectivity index (χ2n) is 4.82. The lowest BCUT2D eigenvalue weighted by molar-refractivity contribution is 0.0733. The number of aromatic nitrogens is 2. The molecular weight excluding hydrogens is 202 g/mol. The van der Waals surface area contributed by atoms with E-state index in [1.54, 1.807) is 0 Å². The fourth-order valence-corrected chi connectivity index (χ4v) is 2.47. The van der Waals surface area contributed by atoms with E-state index in [9.17, 15) is 0 Å². The molecule has 1 aromatic rings. The Morgan fingerprint density at radius 1 is 1.50 bits per heavy atom. The van der Waals surface area contributed by atoms with Gasteiger partial charge < -0.3 is 10.1 Å². The molecule has 1 saturated carbocycles. The lowest BCUT2D eigenvalue weighted by Gasteiger charge is -2.28. The van der Waals surface area contributed by atoms with E-state index in [1.807, 2.05) is 6.20 Å². The summed E-state index contributed by atoms with van der Waals surface area (Å²) >= 11 is 0. The third kappa shape index (κ3) is 1.99. The van der Waals surface area contributed by atoms with Crippen molar-refractivity contribution >= 4 is 0 Å². The van der Waals surface area contributed by atoms with Gasteiger partial charge in [-0.25, -0.2) is 0 Å². The first-order chi connectivity index (χ1) is 7.93. The molecule has 0 aromatic carbocycles. The molecule has 3 rings (SSSR count). The largest absolute Gasteiger partial charge is 0.378 e. The Kier molecular flexibility index (Phi) is 2.93. The van der Waals surface area contributed by atoms with Crippen LogP contribution in [-0.4, -0.2) is 29.5 Å². The normalized spacial score (nSPS) is 26.6. The number of nitrogens with one attached hydrogen (secondary N) is 1. The fourth-order valence-electron chi connectivity index (χ4n) is 2.47. The summed E-state index contributed by atoms with van der Waals surface area (Å²) in [5.74, 6) is 0.850. The highest BCUT2D eigenvalue weighted by atomic mass is 16.5. The minimum atomic E-state index is 0.330. The minimum absolute atomic E-state index is 0.330. The summed E-state index contributed by atoms with van der Waals surface area (Å²) < 4.78 is 7.67. The monoisotopic (exact) mass is 221 g/mol. The molecule has 0 spiro atoms. The van der Waals surface area contributed by atoms with Crippen LogP contribution in [0.3, 0.4) is 0 Å². The highest BCUT2D eigenvalue weighted by Crippen LogP contribution is 2.28. The summed E-state index contributed by atoms with van der Waals surface area (Å²) in [6.07, 6.45) is 6.04. The van der Waals surface area contributed by atoms with Crippen LogP contribution in [0.1, 0.15) is 31.0 Å². The summed E-state index contributed by atoms with van der Waals surface area (Å²) in [5.41, 5.74) is 1.28. The number of morpholine rings is 1. The minimum Gasteiger partial charge on any atom is -0.378 e. The first-order valence-corrected chi connectivity index (χ1v) is 6.26. The van der Waals surface area contributed by atoms with Crippen LogP contribution >= 0.6 is 0 Å². The van der Waals surface area contributed by atoms with E-state index in [0.29, 0.717) is 6.04 Å². The predicted molar refractivity (Wildman–Crippen MR) is 61.1 cm³/mol. The first-order valence-electron chi connectivity index (χ1n) is 6.26. The van der Waals surface area contributed by atoms with Gasteiger partial charge in [-0.2, -0.15) is 5.10 Å². The Labute approximate surface area is 96.0 Å². The maximum absolute atomic E-state index is 5.50. The zero-order chi connectivity index (χ0) is 10.8. The van der Waals surface area contributed by atoms with E-state index in [1.165, 1.54) is 25.0 Å². The van der Waals surface area contributed by atoms with Gasteiger partial charge in [0.2, 0.25) is 0 Å². The summed E-state index contributed by atoms with van der Waals surface area (Å²) in [7, 11) is 0. The van der Waals surface area contributed by atoms with Crippen molar-refractivity contribution < 1.29 is 4.74 Å². The van der Waals surface area contributed by atoms with Crippen molar-refractivity contribution in [3.05, 3.63) is 18.0 Å². The quantitative estimate of drug-likeness (QED) is 0.837. The Morgan fingerprint density at radius 2 is 2.44 bits per heavy atom. The number of nitrogens with zero attached hydrogens (tertiary/aromatic N) is 2. The van der Waals surface area contributed by atoms with Crippen molar-refractivity contribution in [2.75, 3.05) is 19.8 Å². The van der Waals surface area contributed by atoms with Gasteiger partial charge in [-0.15, -0.1) is 0 Å². The molecule has 1 N–H and O–H groups in total. The summed E-state index contributed by atoms with van der Waals surface area (Å²) in [6.45, 7) is 3.63. The lowest BCUT2D eigenvalue weighted by atomic mass is 9.85. The molecule has 16 heavy (non-hydrogen) atoms. The Morgan fingerprint density at radius 3 is 3.12 bits per heavy atom. The molecule has 4 heteroatoms. The second kappa shape index (κ2) is 4.55. The van der Waals surface area contributed by atoms with Crippen LogP contribution in [0.4, 0.5) is 0 Å². The molecule has 88 valence electrons. The molecular formula is C12H19N3O. The van der Waals surface area contributed by atoms with Crippen LogP contribution in [0.5, 0.6) is 0 Å². The lowest BCUT2D eigenvalue weighted by Crippen LogP contribution is -2.36. The average Bonchev–Trinajstić information content (AvgIpc) is 2.73. The molecule has 0 bridgehead atoms. The molecule has 0 radical (unpaired) electrons. The molecule has 2 heterocycles. The standard InChI is InChI=1S/C12H19N3O/c1-2-10(3-1)8-15-12(4-5-14-15)11-9-16-7-6-13-11/h4-5,10-11,13H,1-3,6-9H2. The van der Waals surface area contributed by atoms with Crippen LogP contribution < -0.4 is 5.32 Å².